The Labute approximate surface area is 70.5 Å². The standard InChI is InChI=1S/C2H5O.CH4N2O.Na/c1-2-3;2-1(3)4;/h2H2,1H3;(H4,2,3,4);/q-1;;+1. The quantitative estimate of drug-likeness (QED) is 0.321. The summed E-state index contributed by atoms with van der Waals surface area (Å²) in [6.07, 6.45) is 0. The van der Waals surface area contributed by atoms with Crippen LogP contribution >= 0.6 is 0 Å². The average molecular weight is 128 g/mol. The first kappa shape index (κ1) is 15.7. The zero-order chi connectivity index (χ0) is 6.28. The largest absolute Gasteiger partial charge is 1.00 e. The molecule has 2 amide bonds. The molecule has 5 heteroatoms. The molecule has 0 radical (unpaired) electrons. The summed E-state index contributed by atoms with van der Waals surface area (Å²) < 4.78 is 0. The van der Waals surface area contributed by atoms with Crippen LogP contribution in [0.1, 0.15) is 6.92 Å². The summed E-state index contributed by atoms with van der Waals surface area (Å²) in [7, 11) is 0. The fraction of sp³-hybridized carbons (Fsp3) is 0.667. The van der Waals surface area contributed by atoms with Gasteiger partial charge < -0.3 is 16.6 Å². The van der Waals surface area contributed by atoms with Gasteiger partial charge in [-0.25, -0.2) is 4.79 Å². The topological polar surface area (TPSA) is 92.2 Å². The van der Waals surface area contributed by atoms with E-state index in [1.807, 2.05) is 0 Å². The Morgan fingerprint density at radius 1 is 1.62 bits per heavy atom. The van der Waals surface area contributed by atoms with Crippen molar-refractivity contribution in [1.82, 2.24) is 0 Å². The molecule has 44 valence electrons. The van der Waals surface area contributed by atoms with Crippen LogP contribution in [0.15, 0.2) is 0 Å². The van der Waals surface area contributed by atoms with Gasteiger partial charge in [0.05, 0.1) is 0 Å². The van der Waals surface area contributed by atoms with E-state index in [-0.39, 0.29) is 36.2 Å². The van der Waals surface area contributed by atoms with Crippen molar-refractivity contribution in [1.29, 1.82) is 0 Å². The van der Waals surface area contributed by atoms with Gasteiger partial charge in [0, 0.05) is 0 Å². The van der Waals surface area contributed by atoms with Crippen molar-refractivity contribution in [3.05, 3.63) is 0 Å². The second kappa shape index (κ2) is 15.7. The number of urea groups is 1. The second-order valence-electron chi connectivity index (χ2n) is 0.691. The third-order valence-corrected chi connectivity index (χ3v) is 0. The molecule has 0 rings (SSSR count). The van der Waals surface area contributed by atoms with Crippen LogP contribution in [0.25, 0.3) is 0 Å². The first-order chi connectivity index (χ1) is 3.15. The van der Waals surface area contributed by atoms with Gasteiger partial charge in [-0.1, -0.05) is 6.92 Å². The number of nitrogens with two attached hydrogens (primary N) is 2. The third kappa shape index (κ3) is 3220. The van der Waals surface area contributed by atoms with Crippen molar-refractivity contribution in [2.24, 2.45) is 11.5 Å². The summed E-state index contributed by atoms with van der Waals surface area (Å²) in [5.74, 6) is 0. The SMILES string of the molecule is CC[O-].NC(N)=O.[Na+]. The summed E-state index contributed by atoms with van der Waals surface area (Å²) in [5.41, 5.74) is 8.50. The molecule has 0 aromatic carbocycles. The number of hydrogen-bond donors (Lipinski definition) is 2. The van der Waals surface area contributed by atoms with Gasteiger partial charge in [-0.3, -0.25) is 0 Å². The molecule has 0 aliphatic carbocycles. The zero-order valence-electron chi connectivity index (χ0n) is 5.18. The molecule has 0 spiro atoms. The van der Waals surface area contributed by atoms with Crippen LogP contribution in [-0.4, -0.2) is 12.6 Å². The fourth-order valence-electron chi connectivity index (χ4n) is 0. The molecule has 0 unspecified atom stereocenters. The predicted octanol–water partition coefficient (Wildman–Crippen LogP) is -4.61. The van der Waals surface area contributed by atoms with Crippen LogP contribution in [0, 0.1) is 0 Å². The van der Waals surface area contributed by atoms with Gasteiger partial charge in [-0.15, -0.1) is 6.61 Å². The van der Waals surface area contributed by atoms with E-state index < -0.39 is 6.03 Å². The van der Waals surface area contributed by atoms with Crippen LogP contribution in [0.3, 0.4) is 0 Å². The smallest absolute Gasteiger partial charge is 0.855 e. The first-order valence-electron chi connectivity index (χ1n) is 1.78. The molecule has 0 bridgehead atoms. The number of carbonyl (C=O) groups excluding carboxylic acids is 1. The average Bonchev–Trinajstić information content (AvgIpc) is 1.33. The van der Waals surface area contributed by atoms with Crippen LogP contribution in [0.5, 0.6) is 0 Å². The van der Waals surface area contributed by atoms with E-state index in [4.69, 9.17) is 9.90 Å². The molecule has 4 N–H and O–H groups in total. The third-order valence-electron chi connectivity index (χ3n) is 0. The minimum atomic E-state index is -0.833. The van der Waals surface area contributed by atoms with E-state index in [1.54, 1.807) is 6.92 Å². The predicted molar refractivity (Wildman–Crippen MR) is 24.3 cm³/mol. The van der Waals surface area contributed by atoms with Crippen molar-refractivity contribution in [2.75, 3.05) is 6.61 Å². The molecule has 0 saturated heterocycles. The Bertz CT molecular complexity index is 46.5. The molecule has 0 heterocycles. The molecular weight excluding hydrogens is 119 g/mol. The first-order valence-corrected chi connectivity index (χ1v) is 1.78. The fourth-order valence-corrected chi connectivity index (χ4v) is 0. The normalized spacial score (nSPS) is 5.25. The Balaban J connectivity index is -0.0000000575. The molecule has 0 saturated carbocycles. The Kier molecular flexibility index (Phi) is 30.8. The monoisotopic (exact) mass is 128 g/mol. The van der Waals surface area contributed by atoms with E-state index >= 15 is 0 Å². The second-order valence-corrected chi connectivity index (χ2v) is 0.691. The van der Waals surface area contributed by atoms with Gasteiger partial charge in [-0.05, 0) is 0 Å². The summed E-state index contributed by atoms with van der Waals surface area (Å²) in [4.78, 5) is 9.00. The van der Waals surface area contributed by atoms with Crippen LogP contribution in [0.4, 0.5) is 4.79 Å². The van der Waals surface area contributed by atoms with E-state index in [1.165, 1.54) is 0 Å². The zero-order valence-corrected chi connectivity index (χ0v) is 7.18. The van der Waals surface area contributed by atoms with Gasteiger partial charge in [-0.2, -0.15) is 0 Å². The van der Waals surface area contributed by atoms with Crippen molar-refractivity contribution >= 4 is 6.03 Å². The maximum atomic E-state index is 9.00. The van der Waals surface area contributed by atoms with Crippen molar-refractivity contribution < 1.29 is 39.5 Å². The Morgan fingerprint density at radius 2 is 1.62 bits per heavy atom. The number of primary amides is 2. The minimum Gasteiger partial charge on any atom is -0.855 e. The molecular formula is C3H9N2NaO2. The summed E-state index contributed by atoms with van der Waals surface area (Å²) in [5, 5.41) is 8.93. The van der Waals surface area contributed by atoms with Gasteiger partial charge in [0.2, 0.25) is 0 Å². The molecule has 0 atom stereocenters. The van der Waals surface area contributed by atoms with Gasteiger partial charge >= 0.3 is 35.6 Å². The molecule has 0 aromatic rings. The summed E-state index contributed by atoms with van der Waals surface area (Å²) >= 11 is 0. The maximum Gasteiger partial charge on any atom is 1.00 e. The van der Waals surface area contributed by atoms with Crippen LogP contribution in [-0.2, 0) is 0 Å². The maximum absolute atomic E-state index is 9.00. The van der Waals surface area contributed by atoms with E-state index in [0.717, 1.165) is 0 Å². The molecule has 8 heavy (non-hydrogen) atoms. The van der Waals surface area contributed by atoms with Crippen molar-refractivity contribution in [3.63, 3.8) is 0 Å². The Hall–Kier alpha value is 0.230. The minimum absolute atomic E-state index is 0. The van der Waals surface area contributed by atoms with Gasteiger partial charge in [0.25, 0.3) is 0 Å². The number of hydrogen-bond acceptors (Lipinski definition) is 2. The van der Waals surface area contributed by atoms with E-state index in [9.17, 15) is 0 Å². The number of carbonyl (C=O) groups is 1. The van der Waals surface area contributed by atoms with Crippen molar-refractivity contribution in [2.45, 2.75) is 6.92 Å². The van der Waals surface area contributed by atoms with Crippen molar-refractivity contribution in [3.8, 4) is 0 Å². The van der Waals surface area contributed by atoms with Crippen LogP contribution in [0.2, 0.25) is 0 Å². The van der Waals surface area contributed by atoms with Crippen LogP contribution < -0.4 is 46.1 Å². The van der Waals surface area contributed by atoms with E-state index in [2.05, 4.69) is 11.5 Å². The summed E-state index contributed by atoms with van der Waals surface area (Å²) in [6.45, 7) is 1.57. The number of rotatable bonds is 0. The molecule has 0 aromatic heterocycles. The summed E-state index contributed by atoms with van der Waals surface area (Å²) in [6, 6.07) is -0.833. The molecule has 4 nitrogen and oxygen atoms in total. The molecule has 0 aliphatic heterocycles. The van der Waals surface area contributed by atoms with Gasteiger partial charge in [0.1, 0.15) is 0 Å². The molecule has 0 aliphatic rings. The van der Waals surface area contributed by atoms with E-state index in [0.29, 0.717) is 0 Å². The Morgan fingerprint density at radius 3 is 1.62 bits per heavy atom. The number of amides is 2. The van der Waals surface area contributed by atoms with Gasteiger partial charge in [0.15, 0.2) is 0 Å². The molecule has 0 fully saturated rings.